The first kappa shape index (κ1) is 15.5. The Hall–Kier alpha value is -1.39. The first-order chi connectivity index (χ1) is 10.8. The van der Waals surface area contributed by atoms with Crippen molar-refractivity contribution in [2.45, 2.75) is 38.3 Å². The molecule has 0 radical (unpaired) electrons. The molecular formula is C18H26N2O2. The van der Waals surface area contributed by atoms with E-state index in [0.29, 0.717) is 18.9 Å². The zero-order valence-corrected chi connectivity index (χ0v) is 13.2. The normalized spacial score (nSPS) is 23.0. The van der Waals surface area contributed by atoms with Gasteiger partial charge in [0.2, 0.25) is 5.91 Å². The van der Waals surface area contributed by atoms with Crippen LogP contribution < -0.4 is 5.32 Å². The molecule has 22 heavy (non-hydrogen) atoms. The number of carbonyl (C=O) groups excluding carboxylic acids is 1. The van der Waals surface area contributed by atoms with Crippen molar-refractivity contribution in [2.24, 2.45) is 5.92 Å². The standard InChI is InChI=1S/C18H26N2O2/c21-18(11-15-7-8-15)19-12-17-14-20(9-4-10-22-17)13-16-5-2-1-3-6-16/h1-3,5-6,15,17H,4,7-14H2,(H,19,21). The summed E-state index contributed by atoms with van der Waals surface area (Å²) in [6.07, 6.45) is 4.30. The summed E-state index contributed by atoms with van der Waals surface area (Å²) < 4.78 is 5.89. The van der Waals surface area contributed by atoms with E-state index in [9.17, 15) is 4.79 Å². The molecule has 1 saturated carbocycles. The molecule has 2 fully saturated rings. The third-order valence-electron chi connectivity index (χ3n) is 4.38. The van der Waals surface area contributed by atoms with Crippen LogP contribution in [0.1, 0.15) is 31.2 Å². The Labute approximate surface area is 132 Å². The molecule has 1 atom stereocenters. The lowest BCUT2D eigenvalue weighted by Gasteiger charge is -2.24. The van der Waals surface area contributed by atoms with Gasteiger partial charge in [0.15, 0.2) is 0 Å². The van der Waals surface area contributed by atoms with Crippen LogP contribution in [0.4, 0.5) is 0 Å². The van der Waals surface area contributed by atoms with Crippen LogP contribution in [0.3, 0.4) is 0 Å². The van der Waals surface area contributed by atoms with Crippen LogP contribution in [-0.4, -0.2) is 43.2 Å². The van der Waals surface area contributed by atoms with Gasteiger partial charge in [-0.2, -0.15) is 0 Å². The molecule has 1 N–H and O–H groups in total. The van der Waals surface area contributed by atoms with Crippen molar-refractivity contribution < 1.29 is 9.53 Å². The summed E-state index contributed by atoms with van der Waals surface area (Å²) in [5.41, 5.74) is 1.33. The molecule has 4 nitrogen and oxygen atoms in total. The minimum absolute atomic E-state index is 0.106. The van der Waals surface area contributed by atoms with Crippen LogP contribution in [0.5, 0.6) is 0 Å². The third kappa shape index (κ3) is 5.11. The van der Waals surface area contributed by atoms with Gasteiger partial charge >= 0.3 is 0 Å². The predicted molar refractivity (Wildman–Crippen MR) is 86.4 cm³/mol. The van der Waals surface area contributed by atoms with E-state index in [1.807, 2.05) is 6.07 Å². The van der Waals surface area contributed by atoms with Crippen molar-refractivity contribution in [3.63, 3.8) is 0 Å². The van der Waals surface area contributed by atoms with E-state index in [-0.39, 0.29) is 12.0 Å². The van der Waals surface area contributed by atoms with Gasteiger partial charge in [-0.15, -0.1) is 0 Å². The minimum atomic E-state index is 0.106. The van der Waals surface area contributed by atoms with Gasteiger partial charge in [0, 0.05) is 39.2 Å². The van der Waals surface area contributed by atoms with Crippen LogP contribution in [-0.2, 0) is 16.1 Å². The van der Waals surface area contributed by atoms with Crippen molar-refractivity contribution >= 4 is 5.91 Å². The summed E-state index contributed by atoms with van der Waals surface area (Å²) in [4.78, 5) is 14.2. The van der Waals surface area contributed by atoms with E-state index in [4.69, 9.17) is 4.74 Å². The highest BCUT2D eigenvalue weighted by Crippen LogP contribution is 2.32. The highest BCUT2D eigenvalue weighted by Gasteiger charge is 2.25. The molecule has 2 aliphatic rings. The van der Waals surface area contributed by atoms with Crippen molar-refractivity contribution in [1.29, 1.82) is 0 Å². The molecule has 3 rings (SSSR count). The average molecular weight is 302 g/mol. The number of nitrogens with one attached hydrogen (secondary N) is 1. The topological polar surface area (TPSA) is 41.6 Å². The lowest BCUT2D eigenvalue weighted by Crippen LogP contribution is -2.40. The van der Waals surface area contributed by atoms with Gasteiger partial charge in [-0.05, 0) is 30.7 Å². The Morgan fingerprint density at radius 3 is 2.86 bits per heavy atom. The second kappa shape index (κ2) is 7.75. The molecule has 120 valence electrons. The Morgan fingerprint density at radius 2 is 2.09 bits per heavy atom. The van der Waals surface area contributed by atoms with Crippen LogP contribution in [0, 0.1) is 5.92 Å². The lowest BCUT2D eigenvalue weighted by molar-refractivity contribution is -0.122. The number of nitrogens with zero attached hydrogens (tertiary/aromatic N) is 1. The Balaban J connectivity index is 1.45. The van der Waals surface area contributed by atoms with Crippen molar-refractivity contribution in [1.82, 2.24) is 10.2 Å². The molecule has 1 saturated heterocycles. The Morgan fingerprint density at radius 1 is 1.27 bits per heavy atom. The molecule has 1 aliphatic carbocycles. The molecular weight excluding hydrogens is 276 g/mol. The molecule has 1 unspecified atom stereocenters. The first-order valence-corrected chi connectivity index (χ1v) is 8.44. The maximum absolute atomic E-state index is 11.8. The van der Waals surface area contributed by atoms with Gasteiger partial charge in [-0.25, -0.2) is 0 Å². The maximum atomic E-state index is 11.8. The van der Waals surface area contributed by atoms with Gasteiger partial charge in [0.1, 0.15) is 0 Å². The van der Waals surface area contributed by atoms with Crippen molar-refractivity contribution in [2.75, 3.05) is 26.2 Å². The summed E-state index contributed by atoms with van der Waals surface area (Å²) in [7, 11) is 0. The summed E-state index contributed by atoms with van der Waals surface area (Å²) in [5.74, 6) is 0.828. The third-order valence-corrected chi connectivity index (χ3v) is 4.38. The molecule has 1 aliphatic heterocycles. The fourth-order valence-electron chi connectivity index (χ4n) is 2.96. The minimum Gasteiger partial charge on any atom is -0.375 e. The molecule has 1 heterocycles. The summed E-state index contributed by atoms with van der Waals surface area (Å²) in [5, 5.41) is 3.05. The van der Waals surface area contributed by atoms with E-state index in [0.717, 1.165) is 32.7 Å². The molecule has 1 amide bonds. The van der Waals surface area contributed by atoms with Crippen molar-refractivity contribution in [3.8, 4) is 0 Å². The first-order valence-electron chi connectivity index (χ1n) is 8.44. The van der Waals surface area contributed by atoms with Crippen LogP contribution in [0.15, 0.2) is 30.3 Å². The van der Waals surface area contributed by atoms with Gasteiger partial charge < -0.3 is 10.1 Å². The van der Waals surface area contributed by atoms with E-state index < -0.39 is 0 Å². The number of hydrogen-bond donors (Lipinski definition) is 1. The molecule has 0 bridgehead atoms. The second-order valence-electron chi connectivity index (χ2n) is 6.52. The van der Waals surface area contributed by atoms with E-state index in [1.54, 1.807) is 0 Å². The summed E-state index contributed by atoms with van der Waals surface area (Å²) in [6, 6.07) is 10.5. The fraction of sp³-hybridized carbons (Fsp3) is 0.611. The number of carbonyl (C=O) groups is 1. The fourth-order valence-corrected chi connectivity index (χ4v) is 2.96. The number of ether oxygens (including phenoxy) is 1. The van der Waals surface area contributed by atoms with E-state index >= 15 is 0 Å². The molecule has 4 heteroatoms. The largest absolute Gasteiger partial charge is 0.375 e. The highest BCUT2D eigenvalue weighted by molar-refractivity contribution is 5.76. The second-order valence-corrected chi connectivity index (χ2v) is 6.52. The van der Waals surface area contributed by atoms with Gasteiger partial charge in [-0.1, -0.05) is 30.3 Å². The van der Waals surface area contributed by atoms with E-state index in [2.05, 4.69) is 34.5 Å². The maximum Gasteiger partial charge on any atom is 0.220 e. The monoisotopic (exact) mass is 302 g/mol. The summed E-state index contributed by atoms with van der Waals surface area (Å²) in [6.45, 7) is 4.32. The molecule has 1 aromatic carbocycles. The predicted octanol–water partition coefficient (Wildman–Crippen LogP) is 2.19. The van der Waals surface area contributed by atoms with E-state index in [1.165, 1.54) is 18.4 Å². The Bertz CT molecular complexity index is 473. The zero-order valence-electron chi connectivity index (χ0n) is 13.2. The van der Waals surface area contributed by atoms with Gasteiger partial charge in [0.25, 0.3) is 0 Å². The number of benzene rings is 1. The number of rotatable bonds is 6. The molecule has 0 spiro atoms. The SMILES string of the molecule is O=C(CC1CC1)NCC1CN(Cc2ccccc2)CCCO1. The van der Waals surface area contributed by atoms with Gasteiger partial charge in [0.05, 0.1) is 6.10 Å². The van der Waals surface area contributed by atoms with Crippen LogP contribution >= 0.6 is 0 Å². The summed E-state index contributed by atoms with van der Waals surface area (Å²) >= 11 is 0. The van der Waals surface area contributed by atoms with Crippen LogP contribution in [0.2, 0.25) is 0 Å². The highest BCUT2D eigenvalue weighted by atomic mass is 16.5. The molecule has 1 aromatic rings. The Kier molecular flexibility index (Phi) is 5.46. The average Bonchev–Trinajstić information content (AvgIpc) is 3.34. The quantitative estimate of drug-likeness (QED) is 0.876. The lowest BCUT2D eigenvalue weighted by atomic mass is 10.2. The number of amides is 1. The van der Waals surface area contributed by atoms with Crippen LogP contribution in [0.25, 0.3) is 0 Å². The zero-order chi connectivity index (χ0) is 15.2. The molecule has 0 aromatic heterocycles. The van der Waals surface area contributed by atoms with Crippen molar-refractivity contribution in [3.05, 3.63) is 35.9 Å². The smallest absolute Gasteiger partial charge is 0.220 e. The number of hydrogen-bond acceptors (Lipinski definition) is 3. The van der Waals surface area contributed by atoms with Gasteiger partial charge in [-0.3, -0.25) is 9.69 Å².